The number of carbonyl (C=O) groups is 2. The smallest absolute Gasteiger partial charge is 0.291 e. The summed E-state index contributed by atoms with van der Waals surface area (Å²) in [6.07, 6.45) is 8.23. The van der Waals surface area contributed by atoms with Crippen LogP contribution >= 0.6 is 0 Å². The summed E-state index contributed by atoms with van der Waals surface area (Å²) in [6, 6.07) is 10.3. The van der Waals surface area contributed by atoms with E-state index >= 15 is 0 Å². The molecular formula is C18H18N2O3. The van der Waals surface area contributed by atoms with Gasteiger partial charge in [-0.25, -0.2) is 0 Å². The fourth-order valence-corrected chi connectivity index (χ4v) is 2.59. The fraction of sp³-hybridized carbons (Fsp3) is 0.222. The number of hydrogen-bond acceptors (Lipinski definition) is 3. The first-order chi connectivity index (χ1) is 11.2. The van der Waals surface area contributed by atoms with E-state index in [1.165, 1.54) is 6.26 Å². The predicted octanol–water partition coefficient (Wildman–Crippen LogP) is 3.83. The highest BCUT2D eigenvalue weighted by Gasteiger charge is 2.14. The number of anilines is 2. The summed E-state index contributed by atoms with van der Waals surface area (Å²) >= 11 is 0. The Kier molecular flexibility index (Phi) is 4.57. The lowest BCUT2D eigenvalue weighted by atomic mass is 10.1. The molecule has 1 heterocycles. The van der Waals surface area contributed by atoms with Gasteiger partial charge in [-0.05, 0) is 49.1 Å². The highest BCUT2D eigenvalue weighted by atomic mass is 16.3. The zero-order valence-electron chi connectivity index (χ0n) is 12.6. The quantitative estimate of drug-likeness (QED) is 0.825. The summed E-state index contributed by atoms with van der Waals surface area (Å²) in [5.74, 6) is 0.231. The van der Waals surface area contributed by atoms with Crippen LogP contribution in [0.3, 0.4) is 0 Å². The molecule has 1 aromatic heterocycles. The van der Waals surface area contributed by atoms with Crippen LogP contribution in [0.2, 0.25) is 0 Å². The molecular weight excluding hydrogens is 292 g/mol. The first kappa shape index (κ1) is 15.1. The van der Waals surface area contributed by atoms with Crippen LogP contribution in [-0.2, 0) is 4.79 Å². The lowest BCUT2D eigenvalue weighted by Gasteiger charge is -2.10. The first-order valence-electron chi connectivity index (χ1n) is 7.62. The van der Waals surface area contributed by atoms with E-state index in [9.17, 15) is 9.59 Å². The SMILES string of the molecule is O=C(C[C@H]1C=CCC1)Nc1cccc(NC(=O)c2ccco2)c1. The second-order valence-corrected chi connectivity index (χ2v) is 5.53. The molecule has 0 spiro atoms. The van der Waals surface area contributed by atoms with Crippen LogP contribution in [-0.4, -0.2) is 11.8 Å². The van der Waals surface area contributed by atoms with Gasteiger partial charge in [-0.3, -0.25) is 9.59 Å². The third kappa shape index (κ3) is 4.10. The van der Waals surface area contributed by atoms with Crippen molar-refractivity contribution in [3.8, 4) is 0 Å². The maximum Gasteiger partial charge on any atom is 0.291 e. The molecule has 0 radical (unpaired) electrons. The van der Waals surface area contributed by atoms with Gasteiger partial charge in [0.15, 0.2) is 5.76 Å². The van der Waals surface area contributed by atoms with E-state index in [0.29, 0.717) is 23.7 Å². The zero-order chi connectivity index (χ0) is 16.1. The molecule has 0 fully saturated rings. The topological polar surface area (TPSA) is 71.3 Å². The van der Waals surface area contributed by atoms with Crippen molar-refractivity contribution in [3.05, 3.63) is 60.6 Å². The normalized spacial score (nSPS) is 16.3. The van der Waals surface area contributed by atoms with Gasteiger partial charge in [-0.1, -0.05) is 18.2 Å². The number of hydrogen-bond donors (Lipinski definition) is 2. The van der Waals surface area contributed by atoms with Crippen molar-refractivity contribution < 1.29 is 14.0 Å². The standard InChI is InChI=1S/C18H18N2O3/c21-17(11-13-5-1-2-6-13)19-14-7-3-8-15(12-14)20-18(22)16-9-4-10-23-16/h1,3-5,7-10,12-13H,2,6,11H2,(H,19,21)(H,20,22)/t13-/m0/s1. The lowest BCUT2D eigenvalue weighted by molar-refractivity contribution is -0.116. The van der Waals surface area contributed by atoms with Crippen LogP contribution in [0.4, 0.5) is 11.4 Å². The predicted molar refractivity (Wildman–Crippen MR) is 88.2 cm³/mol. The largest absolute Gasteiger partial charge is 0.459 e. The fourth-order valence-electron chi connectivity index (χ4n) is 2.59. The zero-order valence-corrected chi connectivity index (χ0v) is 12.6. The van der Waals surface area contributed by atoms with Gasteiger partial charge >= 0.3 is 0 Å². The van der Waals surface area contributed by atoms with Gasteiger partial charge in [0, 0.05) is 17.8 Å². The second-order valence-electron chi connectivity index (χ2n) is 5.53. The number of furan rings is 1. The summed E-state index contributed by atoms with van der Waals surface area (Å²) in [4.78, 5) is 24.0. The Bertz CT molecular complexity index is 720. The second kappa shape index (κ2) is 6.96. The molecule has 23 heavy (non-hydrogen) atoms. The van der Waals surface area contributed by atoms with Gasteiger partial charge in [-0.15, -0.1) is 0 Å². The van der Waals surface area contributed by atoms with Gasteiger partial charge in [0.1, 0.15) is 0 Å². The molecule has 0 aliphatic heterocycles. The van der Waals surface area contributed by atoms with Gasteiger partial charge < -0.3 is 15.1 Å². The van der Waals surface area contributed by atoms with Crippen LogP contribution in [0.15, 0.2) is 59.2 Å². The molecule has 0 saturated carbocycles. The monoisotopic (exact) mass is 310 g/mol. The molecule has 5 heteroatoms. The third-order valence-electron chi connectivity index (χ3n) is 3.71. The number of benzene rings is 1. The Balaban J connectivity index is 1.59. The molecule has 0 bridgehead atoms. The van der Waals surface area contributed by atoms with Gasteiger partial charge in [-0.2, -0.15) is 0 Å². The molecule has 1 aliphatic carbocycles. The van der Waals surface area contributed by atoms with Crippen molar-refractivity contribution in [3.63, 3.8) is 0 Å². The van der Waals surface area contributed by atoms with Crippen molar-refractivity contribution in [2.24, 2.45) is 5.92 Å². The molecule has 1 aliphatic rings. The van der Waals surface area contributed by atoms with Crippen molar-refractivity contribution in [2.45, 2.75) is 19.3 Å². The Labute approximate surface area is 134 Å². The molecule has 1 aromatic carbocycles. The van der Waals surface area contributed by atoms with Crippen LogP contribution < -0.4 is 10.6 Å². The van der Waals surface area contributed by atoms with E-state index < -0.39 is 0 Å². The summed E-state index contributed by atoms with van der Waals surface area (Å²) in [5.41, 5.74) is 1.26. The van der Waals surface area contributed by atoms with Crippen molar-refractivity contribution in [1.29, 1.82) is 0 Å². The minimum Gasteiger partial charge on any atom is -0.459 e. The van der Waals surface area contributed by atoms with E-state index in [2.05, 4.69) is 22.8 Å². The van der Waals surface area contributed by atoms with Crippen LogP contribution in [0, 0.1) is 5.92 Å². The molecule has 3 rings (SSSR count). The number of nitrogens with one attached hydrogen (secondary N) is 2. The van der Waals surface area contributed by atoms with Crippen molar-refractivity contribution in [1.82, 2.24) is 0 Å². The molecule has 118 valence electrons. The van der Waals surface area contributed by atoms with Gasteiger partial charge in [0.05, 0.1) is 6.26 Å². The average Bonchev–Trinajstić information content (AvgIpc) is 3.20. The molecule has 1 atom stereocenters. The summed E-state index contributed by atoms with van der Waals surface area (Å²) in [7, 11) is 0. The maximum atomic E-state index is 12.0. The summed E-state index contributed by atoms with van der Waals surface area (Å²) in [5, 5.41) is 5.61. The highest BCUT2D eigenvalue weighted by molar-refractivity contribution is 6.02. The molecule has 2 N–H and O–H groups in total. The minimum absolute atomic E-state index is 0.0175. The maximum absolute atomic E-state index is 12.0. The Morgan fingerprint density at radius 1 is 1.13 bits per heavy atom. The van der Waals surface area contributed by atoms with E-state index in [1.54, 1.807) is 36.4 Å². The molecule has 2 aromatic rings. The van der Waals surface area contributed by atoms with Crippen molar-refractivity contribution >= 4 is 23.2 Å². The molecule has 0 saturated heterocycles. The summed E-state index contributed by atoms with van der Waals surface area (Å²) < 4.78 is 5.05. The summed E-state index contributed by atoms with van der Waals surface area (Å²) in [6.45, 7) is 0. The van der Waals surface area contributed by atoms with Crippen LogP contribution in [0.1, 0.15) is 29.8 Å². The lowest BCUT2D eigenvalue weighted by Crippen LogP contribution is -2.15. The van der Waals surface area contributed by atoms with Crippen LogP contribution in [0.25, 0.3) is 0 Å². The number of carbonyl (C=O) groups excluding carboxylic acids is 2. The minimum atomic E-state index is -0.324. The molecule has 2 amide bonds. The average molecular weight is 310 g/mol. The van der Waals surface area contributed by atoms with Crippen molar-refractivity contribution in [2.75, 3.05) is 10.6 Å². The number of allylic oxidation sites excluding steroid dienone is 2. The molecule has 5 nitrogen and oxygen atoms in total. The van der Waals surface area contributed by atoms with E-state index in [-0.39, 0.29) is 17.6 Å². The Morgan fingerprint density at radius 3 is 2.65 bits per heavy atom. The Hall–Kier alpha value is -2.82. The highest BCUT2D eigenvalue weighted by Crippen LogP contribution is 2.22. The third-order valence-corrected chi connectivity index (χ3v) is 3.71. The first-order valence-corrected chi connectivity index (χ1v) is 7.62. The Morgan fingerprint density at radius 2 is 1.96 bits per heavy atom. The number of rotatable bonds is 5. The van der Waals surface area contributed by atoms with Gasteiger partial charge in [0.25, 0.3) is 5.91 Å². The van der Waals surface area contributed by atoms with E-state index in [1.807, 2.05) is 0 Å². The number of amides is 2. The van der Waals surface area contributed by atoms with Gasteiger partial charge in [0.2, 0.25) is 5.91 Å². The van der Waals surface area contributed by atoms with Crippen LogP contribution in [0.5, 0.6) is 0 Å². The van der Waals surface area contributed by atoms with E-state index in [4.69, 9.17) is 4.42 Å². The van der Waals surface area contributed by atoms with E-state index in [0.717, 1.165) is 12.8 Å². The molecule has 0 unspecified atom stereocenters.